The summed E-state index contributed by atoms with van der Waals surface area (Å²) in [6.45, 7) is 7.14. The first-order chi connectivity index (χ1) is 15.9. The molecule has 174 valence electrons. The van der Waals surface area contributed by atoms with E-state index >= 15 is 0 Å². The van der Waals surface area contributed by atoms with Gasteiger partial charge in [0.25, 0.3) is 5.91 Å². The van der Waals surface area contributed by atoms with Gasteiger partial charge in [-0.05, 0) is 42.9 Å². The van der Waals surface area contributed by atoms with Gasteiger partial charge in [-0.3, -0.25) is 9.59 Å². The molecule has 1 saturated heterocycles. The van der Waals surface area contributed by atoms with Gasteiger partial charge in [0.15, 0.2) is 6.10 Å². The number of carbonyl (C=O) groups is 2. The van der Waals surface area contributed by atoms with Crippen molar-refractivity contribution in [2.45, 2.75) is 58.1 Å². The molecule has 0 radical (unpaired) electrons. The first-order valence-electron chi connectivity index (χ1n) is 11.7. The summed E-state index contributed by atoms with van der Waals surface area (Å²) in [6, 6.07) is 19.0. The van der Waals surface area contributed by atoms with Crippen LogP contribution in [-0.2, 0) is 9.59 Å². The highest BCUT2D eigenvalue weighted by molar-refractivity contribution is 5.84. The number of ether oxygens (including phenoxy) is 1. The van der Waals surface area contributed by atoms with Gasteiger partial charge in [0.1, 0.15) is 11.8 Å². The van der Waals surface area contributed by atoms with Gasteiger partial charge in [0, 0.05) is 19.1 Å². The third kappa shape index (κ3) is 6.13. The summed E-state index contributed by atoms with van der Waals surface area (Å²) in [5.74, 6) is 0.204. The zero-order valence-corrected chi connectivity index (χ0v) is 19.7. The lowest BCUT2D eigenvalue weighted by Gasteiger charge is -2.35. The first kappa shape index (κ1) is 24.3. The minimum Gasteiger partial charge on any atom is -0.479 e. The van der Waals surface area contributed by atoms with Crippen LogP contribution in [0.15, 0.2) is 54.6 Å². The average molecular weight is 448 g/mol. The van der Waals surface area contributed by atoms with Crippen LogP contribution < -0.4 is 10.1 Å². The summed E-state index contributed by atoms with van der Waals surface area (Å²) in [7, 11) is 0. The molecule has 1 heterocycles. The number of likely N-dealkylation sites (tertiary alicyclic amines) is 1. The fourth-order valence-electron chi connectivity index (χ4n) is 4.28. The first-order valence-corrected chi connectivity index (χ1v) is 11.7. The number of nitriles is 1. The molecule has 0 saturated carbocycles. The fourth-order valence-corrected chi connectivity index (χ4v) is 4.28. The number of nitrogens with one attached hydrogen (secondary N) is 1. The fraction of sp³-hybridized carbons (Fsp3) is 0.444. The van der Waals surface area contributed by atoms with E-state index in [1.807, 2.05) is 56.0 Å². The van der Waals surface area contributed by atoms with Crippen molar-refractivity contribution in [2.75, 3.05) is 13.1 Å². The van der Waals surface area contributed by atoms with E-state index in [1.54, 1.807) is 24.3 Å². The Morgan fingerprint density at radius 3 is 2.33 bits per heavy atom. The molecular formula is C27H33N3O3. The van der Waals surface area contributed by atoms with Crippen molar-refractivity contribution < 1.29 is 14.3 Å². The largest absolute Gasteiger partial charge is 0.479 e. The van der Waals surface area contributed by atoms with Crippen molar-refractivity contribution in [3.05, 3.63) is 65.7 Å². The summed E-state index contributed by atoms with van der Waals surface area (Å²) in [6.07, 6.45) is 1.49. The van der Waals surface area contributed by atoms with Gasteiger partial charge in [-0.25, -0.2) is 0 Å². The normalized spacial score (nSPS) is 16.0. The van der Waals surface area contributed by atoms with E-state index in [1.165, 1.54) is 0 Å². The van der Waals surface area contributed by atoms with Gasteiger partial charge in [0.05, 0.1) is 11.5 Å². The topological polar surface area (TPSA) is 82.4 Å². The van der Waals surface area contributed by atoms with Gasteiger partial charge in [-0.2, -0.15) is 5.26 Å². The van der Waals surface area contributed by atoms with Crippen LogP contribution >= 0.6 is 0 Å². The summed E-state index contributed by atoms with van der Waals surface area (Å²) in [5.41, 5.74) is 1.46. The Hall–Kier alpha value is -3.33. The molecule has 6 nitrogen and oxygen atoms in total. The molecule has 2 atom stereocenters. The van der Waals surface area contributed by atoms with Gasteiger partial charge >= 0.3 is 0 Å². The Labute approximate surface area is 196 Å². The molecule has 2 aromatic rings. The second-order valence-corrected chi connectivity index (χ2v) is 8.87. The zero-order valence-electron chi connectivity index (χ0n) is 19.7. The maximum absolute atomic E-state index is 13.1. The number of hydrogen-bond acceptors (Lipinski definition) is 4. The number of amides is 2. The standard InChI is InChI=1S/C27H33N3O3/c1-4-23(20-10-6-5-7-11-20)27(32)30-16-14-22(15-17-30)29-26(31)25(19(2)3)33-24-13-9-8-12-21(24)18-28/h5-13,19,22-23,25H,4,14-17H2,1-3H3,(H,29,31). The molecule has 2 unspecified atom stereocenters. The predicted octanol–water partition coefficient (Wildman–Crippen LogP) is 4.26. The third-order valence-electron chi connectivity index (χ3n) is 6.19. The zero-order chi connectivity index (χ0) is 23.8. The number of carbonyl (C=O) groups excluding carboxylic acids is 2. The highest BCUT2D eigenvalue weighted by atomic mass is 16.5. The Morgan fingerprint density at radius 2 is 1.73 bits per heavy atom. The summed E-state index contributed by atoms with van der Waals surface area (Å²) in [5, 5.41) is 12.4. The molecular weight excluding hydrogens is 414 g/mol. The van der Waals surface area contributed by atoms with Crippen LogP contribution in [0.4, 0.5) is 0 Å². The van der Waals surface area contributed by atoms with Crippen molar-refractivity contribution in [2.24, 2.45) is 5.92 Å². The predicted molar refractivity (Wildman–Crippen MR) is 128 cm³/mol. The molecule has 0 spiro atoms. The van der Waals surface area contributed by atoms with E-state index in [4.69, 9.17) is 4.74 Å². The highest BCUT2D eigenvalue weighted by Gasteiger charge is 2.31. The Kier molecular flexibility index (Phi) is 8.48. The minimum atomic E-state index is -0.693. The third-order valence-corrected chi connectivity index (χ3v) is 6.19. The Bertz CT molecular complexity index is 976. The van der Waals surface area contributed by atoms with Crippen molar-refractivity contribution in [3.8, 4) is 11.8 Å². The van der Waals surface area contributed by atoms with Gasteiger partial charge in [0.2, 0.25) is 5.91 Å². The highest BCUT2D eigenvalue weighted by Crippen LogP contribution is 2.25. The summed E-state index contributed by atoms with van der Waals surface area (Å²) in [4.78, 5) is 28.0. The Balaban J connectivity index is 1.57. The van der Waals surface area contributed by atoms with Crippen LogP contribution in [0.5, 0.6) is 5.75 Å². The maximum Gasteiger partial charge on any atom is 0.261 e. The van der Waals surface area contributed by atoms with Crippen LogP contribution in [-0.4, -0.2) is 41.9 Å². The van der Waals surface area contributed by atoms with E-state index in [2.05, 4.69) is 11.4 Å². The van der Waals surface area contributed by atoms with E-state index in [-0.39, 0.29) is 29.7 Å². The van der Waals surface area contributed by atoms with E-state index in [0.717, 1.165) is 12.0 Å². The lowest BCUT2D eigenvalue weighted by atomic mass is 9.93. The molecule has 0 aliphatic carbocycles. The maximum atomic E-state index is 13.1. The Morgan fingerprint density at radius 1 is 1.09 bits per heavy atom. The van der Waals surface area contributed by atoms with E-state index in [9.17, 15) is 14.9 Å². The smallest absolute Gasteiger partial charge is 0.261 e. The molecule has 1 aliphatic heterocycles. The number of para-hydroxylation sites is 1. The van der Waals surface area contributed by atoms with E-state index in [0.29, 0.717) is 37.2 Å². The summed E-state index contributed by atoms with van der Waals surface area (Å²) < 4.78 is 5.96. The second-order valence-electron chi connectivity index (χ2n) is 8.87. The van der Waals surface area contributed by atoms with Crippen molar-refractivity contribution in [3.63, 3.8) is 0 Å². The molecule has 2 amide bonds. The van der Waals surface area contributed by atoms with Crippen LogP contribution in [0.2, 0.25) is 0 Å². The molecule has 0 bridgehead atoms. The number of nitrogens with zero attached hydrogens (tertiary/aromatic N) is 2. The quantitative estimate of drug-likeness (QED) is 0.655. The van der Waals surface area contributed by atoms with E-state index < -0.39 is 6.10 Å². The molecule has 6 heteroatoms. The second kappa shape index (κ2) is 11.5. The van der Waals surface area contributed by atoms with Gasteiger partial charge < -0.3 is 15.0 Å². The molecule has 3 rings (SSSR count). The molecule has 0 aromatic heterocycles. The lowest BCUT2D eigenvalue weighted by Crippen LogP contribution is -2.51. The number of hydrogen-bond donors (Lipinski definition) is 1. The lowest BCUT2D eigenvalue weighted by molar-refractivity contribution is -0.134. The van der Waals surface area contributed by atoms with Crippen LogP contribution in [0.1, 0.15) is 57.1 Å². The summed E-state index contributed by atoms with van der Waals surface area (Å²) >= 11 is 0. The SMILES string of the molecule is CCC(C(=O)N1CCC(NC(=O)C(Oc2ccccc2C#N)C(C)C)CC1)c1ccccc1. The van der Waals surface area contributed by atoms with Crippen molar-refractivity contribution >= 4 is 11.8 Å². The minimum absolute atomic E-state index is 0.00517. The number of piperidine rings is 1. The van der Waals surface area contributed by atoms with Gasteiger partial charge in [-0.1, -0.05) is 63.2 Å². The van der Waals surface area contributed by atoms with Crippen LogP contribution in [0, 0.1) is 17.2 Å². The molecule has 1 aliphatic rings. The average Bonchev–Trinajstić information content (AvgIpc) is 2.84. The van der Waals surface area contributed by atoms with Gasteiger partial charge in [-0.15, -0.1) is 0 Å². The molecule has 33 heavy (non-hydrogen) atoms. The number of benzene rings is 2. The molecule has 1 fully saturated rings. The van der Waals surface area contributed by atoms with Crippen LogP contribution in [0.3, 0.4) is 0 Å². The molecule has 1 N–H and O–H groups in total. The molecule has 2 aromatic carbocycles. The van der Waals surface area contributed by atoms with Crippen LogP contribution in [0.25, 0.3) is 0 Å². The van der Waals surface area contributed by atoms with Crippen molar-refractivity contribution in [1.82, 2.24) is 10.2 Å². The monoisotopic (exact) mass is 447 g/mol. The number of rotatable bonds is 8. The van der Waals surface area contributed by atoms with Crippen molar-refractivity contribution in [1.29, 1.82) is 5.26 Å².